The van der Waals surface area contributed by atoms with E-state index in [-0.39, 0.29) is 64.0 Å². The number of carboxylic acid groups (broad SMARTS) is 1. The molecule has 3 unspecified atom stereocenters. The number of aliphatic hydroxyl groups is 2. The third-order valence-corrected chi connectivity index (χ3v) is 13.7. The van der Waals surface area contributed by atoms with Gasteiger partial charge in [0.15, 0.2) is 5.78 Å². The number of hydrogen-bond donors (Lipinski definition) is 3. The first-order chi connectivity index (χ1) is 18.0. The van der Waals surface area contributed by atoms with E-state index < -0.39 is 17.5 Å². The fraction of sp³-hybridized carbons (Fsp3) is 0.879. The third kappa shape index (κ3) is 3.97. The van der Waals surface area contributed by atoms with Gasteiger partial charge in [0.1, 0.15) is 6.10 Å². The predicted octanol–water partition coefficient (Wildman–Crippen LogP) is 5.79. The van der Waals surface area contributed by atoms with Gasteiger partial charge in [-0.1, -0.05) is 47.1 Å². The van der Waals surface area contributed by atoms with Gasteiger partial charge in [0.25, 0.3) is 0 Å². The molecular formula is C33H52O6. The maximum Gasteiger partial charge on any atom is 0.309 e. The molecule has 0 amide bonds. The Labute approximate surface area is 235 Å². The van der Waals surface area contributed by atoms with E-state index in [0.717, 1.165) is 44.9 Å². The number of allylic oxidation sites excluding steroid dienone is 2. The highest BCUT2D eigenvalue weighted by atomic mass is 16.5. The van der Waals surface area contributed by atoms with Crippen LogP contribution in [0.25, 0.3) is 0 Å². The van der Waals surface area contributed by atoms with E-state index in [4.69, 9.17) is 4.74 Å². The van der Waals surface area contributed by atoms with E-state index in [9.17, 15) is 24.9 Å². The van der Waals surface area contributed by atoms with Gasteiger partial charge in [-0.3, -0.25) is 9.59 Å². The minimum Gasteiger partial charge on any atom is -0.481 e. The second-order valence-corrected chi connectivity index (χ2v) is 16.1. The molecule has 6 nitrogen and oxygen atoms in total. The zero-order valence-corrected chi connectivity index (χ0v) is 25.3. The van der Waals surface area contributed by atoms with Crippen molar-refractivity contribution in [3.8, 4) is 0 Å². The van der Waals surface area contributed by atoms with Crippen molar-refractivity contribution in [2.75, 3.05) is 13.2 Å². The van der Waals surface area contributed by atoms with Crippen molar-refractivity contribution < 1.29 is 29.6 Å². The van der Waals surface area contributed by atoms with Gasteiger partial charge in [-0.15, -0.1) is 0 Å². The number of aliphatic hydroxyl groups excluding tert-OH is 2. The SMILES string of the molecule is CC1(C(=O)O)CC[C@]2(C)CC[C@]3(C)C(=CC(=O)[C@@H]4[C@@]5(C)CC[C@H](OCC(O)CO)C(C)(C)C5CC[C@]43C)[C@@H]2C1. The molecule has 0 aromatic carbocycles. The molecule has 0 bridgehead atoms. The quantitative estimate of drug-likeness (QED) is 0.405. The molecule has 5 rings (SSSR count). The van der Waals surface area contributed by atoms with Gasteiger partial charge in [0.2, 0.25) is 0 Å². The van der Waals surface area contributed by atoms with Gasteiger partial charge in [0.05, 0.1) is 24.7 Å². The minimum atomic E-state index is -0.869. The zero-order valence-electron chi connectivity index (χ0n) is 25.3. The molecule has 6 heteroatoms. The van der Waals surface area contributed by atoms with Crippen molar-refractivity contribution >= 4 is 11.8 Å². The lowest BCUT2D eigenvalue weighted by atomic mass is 9.33. The summed E-state index contributed by atoms with van der Waals surface area (Å²) in [5.74, 6) is -0.0647. The molecule has 0 aromatic rings. The first-order valence-electron chi connectivity index (χ1n) is 15.4. The molecule has 220 valence electrons. The van der Waals surface area contributed by atoms with Crippen LogP contribution in [-0.4, -0.2) is 52.5 Å². The Morgan fingerprint density at radius 2 is 1.67 bits per heavy atom. The van der Waals surface area contributed by atoms with Gasteiger partial charge < -0.3 is 20.1 Å². The Balaban J connectivity index is 1.52. The number of carbonyl (C=O) groups excluding carboxylic acids is 1. The van der Waals surface area contributed by atoms with Crippen LogP contribution in [0.4, 0.5) is 0 Å². The Morgan fingerprint density at radius 1 is 1.00 bits per heavy atom. The van der Waals surface area contributed by atoms with Gasteiger partial charge in [-0.05, 0) is 110 Å². The first-order valence-corrected chi connectivity index (χ1v) is 15.4. The molecule has 4 saturated carbocycles. The first kappa shape index (κ1) is 29.3. The molecule has 0 aliphatic heterocycles. The van der Waals surface area contributed by atoms with Crippen LogP contribution in [0.2, 0.25) is 0 Å². The van der Waals surface area contributed by atoms with Crippen LogP contribution < -0.4 is 0 Å². The van der Waals surface area contributed by atoms with Crippen molar-refractivity contribution in [1.29, 1.82) is 0 Å². The van der Waals surface area contributed by atoms with E-state index >= 15 is 0 Å². The standard InChI is InChI=1S/C33H52O6/c1-28(2)24-8-11-33(7)26(31(24,5)10-9-25(28)39-19-20(35)18-34)23(36)16-21-22-17-30(4,27(37)38)13-12-29(22,3)14-15-32(21,33)6/h16,20,22,24-26,34-35H,8-15,17-19H2,1-7H3,(H,37,38)/t20?,22-,24?,25-,26+,29+,30?,31-,32+,33+/m0/s1. The van der Waals surface area contributed by atoms with E-state index in [0.29, 0.717) is 18.8 Å². The summed E-state index contributed by atoms with van der Waals surface area (Å²) in [5, 5.41) is 29.3. The molecule has 0 spiro atoms. The van der Waals surface area contributed by atoms with Crippen LogP contribution in [0.5, 0.6) is 0 Å². The topological polar surface area (TPSA) is 104 Å². The van der Waals surface area contributed by atoms with Gasteiger partial charge in [0, 0.05) is 5.92 Å². The molecule has 3 N–H and O–H groups in total. The molecule has 0 radical (unpaired) electrons. The van der Waals surface area contributed by atoms with Crippen LogP contribution in [0.3, 0.4) is 0 Å². The summed E-state index contributed by atoms with van der Waals surface area (Å²) >= 11 is 0. The molecule has 4 fully saturated rings. The third-order valence-electron chi connectivity index (χ3n) is 13.7. The van der Waals surface area contributed by atoms with Crippen molar-refractivity contribution in [3.05, 3.63) is 11.6 Å². The second-order valence-electron chi connectivity index (χ2n) is 16.1. The molecule has 0 saturated heterocycles. The van der Waals surface area contributed by atoms with Crippen LogP contribution in [0.1, 0.15) is 106 Å². The van der Waals surface area contributed by atoms with E-state index in [1.54, 1.807) is 0 Å². The number of aliphatic carboxylic acids is 1. The lowest BCUT2D eigenvalue weighted by molar-refractivity contribution is -0.212. The van der Waals surface area contributed by atoms with Crippen molar-refractivity contribution in [1.82, 2.24) is 0 Å². The average Bonchev–Trinajstić information content (AvgIpc) is 2.85. The van der Waals surface area contributed by atoms with E-state index in [1.165, 1.54) is 5.57 Å². The van der Waals surface area contributed by atoms with Crippen molar-refractivity contribution in [3.63, 3.8) is 0 Å². The highest BCUT2D eigenvalue weighted by Crippen LogP contribution is 2.75. The number of ether oxygens (including phenoxy) is 1. The molecule has 5 aliphatic carbocycles. The molecule has 0 heterocycles. The number of ketones is 1. The molecular weight excluding hydrogens is 492 g/mol. The average molecular weight is 545 g/mol. The molecule has 39 heavy (non-hydrogen) atoms. The lowest BCUT2D eigenvalue weighted by Crippen LogP contribution is -2.66. The van der Waals surface area contributed by atoms with Crippen LogP contribution >= 0.6 is 0 Å². The summed E-state index contributed by atoms with van der Waals surface area (Å²) < 4.78 is 6.19. The molecule has 10 atom stereocenters. The maximum absolute atomic E-state index is 14.4. The van der Waals surface area contributed by atoms with E-state index in [2.05, 4.69) is 41.5 Å². The monoisotopic (exact) mass is 544 g/mol. The lowest BCUT2D eigenvalue weighted by Gasteiger charge is -2.70. The van der Waals surface area contributed by atoms with Crippen LogP contribution in [0, 0.1) is 50.2 Å². The van der Waals surface area contributed by atoms with Crippen LogP contribution in [-0.2, 0) is 14.3 Å². The van der Waals surface area contributed by atoms with E-state index in [1.807, 2.05) is 13.0 Å². The Hall–Kier alpha value is -1.24. The summed E-state index contributed by atoms with van der Waals surface area (Å²) in [6, 6.07) is 0. The smallest absolute Gasteiger partial charge is 0.309 e. The zero-order chi connectivity index (χ0) is 28.8. The minimum absolute atomic E-state index is 0.0205. The summed E-state index contributed by atoms with van der Waals surface area (Å²) in [6.07, 6.45) is 9.27. The number of carbonyl (C=O) groups is 2. The number of hydrogen-bond acceptors (Lipinski definition) is 5. The summed E-state index contributed by atoms with van der Waals surface area (Å²) in [4.78, 5) is 26.7. The Bertz CT molecular complexity index is 1060. The fourth-order valence-corrected chi connectivity index (χ4v) is 10.9. The summed E-state index contributed by atoms with van der Waals surface area (Å²) in [5.41, 5.74) is -0.0360. The Kier molecular flexibility index (Phi) is 6.85. The largest absolute Gasteiger partial charge is 0.481 e. The summed E-state index contributed by atoms with van der Waals surface area (Å²) in [6.45, 7) is 15.8. The van der Waals surface area contributed by atoms with Gasteiger partial charge >= 0.3 is 5.97 Å². The number of fused-ring (bicyclic) bond motifs is 7. The normalized spacial score (nSPS) is 49.6. The Morgan fingerprint density at radius 3 is 2.31 bits per heavy atom. The van der Waals surface area contributed by atoms with Crippen LogP contribution in [0.15, 0.2) is 11.6 Å². The van der Waals surface area contributed by atoms with Crippen molar-refractivity contribution in [2.24, 2.45) is 50.2 Å². The number of carboxylic acids is 1. The number of rotatable bonds is 5. The van der Waals surface area contributed by atoms with Crippen molar-refractivity contribution in [2.45, 2.75) is 118 Å². The predicted molar refractivity (Wildman–Crippen MR) is 150 cm³/mol. The fourth-order valence-electron chi connectivity index (χ4n) is 10.9. The summed E-state index contributed by atoms with van der Waals surface area (Å²) in [7, 11) is 0. The molecule has 0 aromatic heterocycles. The second kappa shape index (κ2) is 9.13. The van der Waals surface area contributed by atoms with Gasteiger partial charge in [-0.2, -0.15) is 0 Å². The highest BCUT2D eigenvalue weighted by Gasteiger charge is 2.70. The van der Waals surface area contributed by atoms with Gasteiger partial charge in [-0.25, -0.2) is 0 Å². The highest BCUT2D eigenvalue weighted by molar-refractivity contribution is 5.95. The maximum atomic E-state index is 14.4. The molecule has 5 aliphatic rings.